The molecule has 8 nitrogen and oxygen atoms in total. The second-order valence-electron chi connectivity index (χ2n) is 12.1. The molecule has 0 bridgehead atoms. The van der Waals surface area contributed by atoms with Gasteiger partial charge in [-0.25, -0.2) is 9.79 Å². The quantitative estimate of drug-likeness (QED) is 0.0949. The number of benzene rings is 4. The van der Waals surface area contributed by atoms with Crippen LogP contribution in [-0.2, 0) is 22.4 Å². The first-order valence-corrected chi connectivity index (χ1v) is 18.4. The molecule has 0 radical (unpaired) electrons. The van der Waals surface area contributed by atoms with Gasteiger partial charge in [-0.1, -0.05) is 29.8 Å². The highest BCUT2D eigenvalue weighted by molar-refractivity contribution is 14.1. The highest BCUT2D eigenvalue weighted by Gasteiger charge is 2.26. The number of aryl methyl sites for hydroxylation is 2. The normalized spacial score (nSPS) is 15.9. The molecule has 10 heteroatoms. The summed E-state index contributed by atoms with van der Waals surface area (Å²) in [5, 5.41) is 1.41. The van der Waals surface area contributed by atoms with Gasteiger partial charge in [0, 0.05) is 28.1 Å². The second-order valence-corrected chi connectivity index (χ2v) is 14.4. The molecule has 0 spiro atoms. The molecular weight excluding hydrogens is 858 g/mol. The average molecular weight is 897 g/mol. The monoisotopic (exact) mass is 896 g/mol. The van der Waals surface area contributed by atoms with Crippen LogP contribution in [0.1, 0.15) is 52.3 Å². The number of ether oxygens (including phenoxy) is 5. The molecule has 0 saturated heterocycles. The van der Waals surface area contributed by atoms with Crippen molar-refractivity contribution in [2.24, 2.45) is 4.99 Å². The van der Waals surface area contributed by atoms with E-state index in [1.807, 2.05) is 36.4 Å². The molecule has 2 aliphatic rings. The fraction of sp³-hybridized carbons (Fsp3) is 0.250. The van der Waals surface area contributed by atoms with Crippen LogP contribution >= 0.6 is 45.2 Å². The van der Waals surface area contributed by atoms with Gasteiger partial charge < -0.3 is 28.7 Å². The minimum absolute atomic E-state index is 0.247. The number of nitrogens with one attached hydrogen (secondary N) is 1. The summed E-state index contributed by atoms with van der Waals surface area (Å²) in [6, 6.07) is 24.1. The van der Waals surface area contributed by atoms with Crippen LogP contribution in [0.25, 0.3) is 17.0 Å². The largest absolute Gasteiger partial charge is 0.493 e. The fourth-order valence-corrected chi connectivity index (χ4v) is 8.27. The van der Waals surface area contributed by atoms with E-state index >= 15 is 0 Å². The highest BCUT2D eigenvalue weighted by Crippen LogP contribution is 2.40. The Morgan fingerprint density at radius 2 is 1.58 bits per heavy atom. The Hall–Kier alpha value is -4.04. The minimum atomic E-state index is -0.473. The summed E-state index contributed by atoms with van der Waals surface area (Å²) < 4.78 is 28.9. The molecule has 258 valence electrons. The van der Waals surface area contributed by atoms with Crippen LogP contribution < -0.4 is 18.9 Å². The molecule has 0 amide bonds. The van der Waals surface area contributed by atoms with Crippen LogP contribution in [-0.4, -0.2) is 45.3 Å². The molecule has 1 aliphatic carbocycles. The first-order valence-electron chi connectivity index (χ1n) is 16.2. The Labute approximate surface area is 319 Å². The number of nitrogens with zero attached hydrogens (tertiary/aromatic N) is 1. The highest BCUT2D eigenvalue weighted by atomic mass is 127. The van der Waals surface area contributed by atoms with Crippen molar-refractivity contribution < 1.29 is 28.5 Å². The average Bonchev–Trinajstić information content (AvgIpc) is 3.68. The molecule has 7 rings (SSSR count). The van der Waals surface area contributed by atoms with Crippen LogP contribution in [0.3, 0.4) is 0 Å². The number of H-pyrrole nitrogens is 1. The maximum absolute atomic E-state index is 12.1. The number of aliphatic imine (C=N–C) groups is 1. The SMILES string of the molecule is COc1cc(/C=C2\N=C(c3ccccc3)OC2=O)cc(I)c1OC.COc1cc(CC2CCCc3c2[nH]c2ccc(C)cc32)cc(I)c1OC. The van der Waals surface area contributed by atoms with Crippen molar-refractivity contribution in [3.8, 4) is 23.0 Å². The number of esters is 1. The van der Waals surface area contributed by atoms with Gasteiger partial charge in [0.1, 0.15) is 0 Å². The number of aromatic nitrogens is 1. The van der Waals surface area contributed by atoms with E-state index < -0.39 is 5.97 Å². The van der Waals surface area contributed by atoms with Crippen molar-refractivity contribution in [1.82, 2.24) is 4.98 Å². The topological polar surface area (TPSA) is 91.4 Å². The third-order valence-electron chi connectivity index (χ3n) is 8.86. The van der Waals surface area contributed by atoms with Crippen LogP contribution in [0, 0.1) is 14.1 Å². The summed E-state index contributed by atoms with van der Waals surface area (Å²) in [5.41, 5.74) is 8.65. The van der Waals surface area contributed by atoms with E-state index in [-0.39, 0.29) is 5.70 Å². The van der Waals surface area contributed by atoms with Gasteiger partial charge in [0.15, 0.2) is 28.7 Å². The fourth-order valence-electron chi connectivity index (χ4n) is 6.54. The molecule has 0 saturated carbocycles. The Bertz CT molecular complexity index is 2100. The number of hydrogen-bond donors (Lipinski definition) is 1. The van der Waals surface area contributed by atoms with Gasteiger partial charge in [-0.15, -0.1) is 0 Å². The van der Waals surface area contributed by atoms with E-state index in [9.17, 15) is 4.79 Å². The first-order chi connectivity index (χ1) is 24.2. The number of fused-ring (bicyclic) bond motifs is 3. The van der Waals surface area contributed by atoms with Crippen LogP contribution in [0.4, 0.5) is 0 Å². The molecule has 0 fully saturated rings. The number of carbonyl (C=O) groups is 1. The Morgan fingerprint density at radius 3 is 2.28 bits per heavy atom. The summed E-state index contributed by atoms with van der Waals surface area (Å²) in [7, 11) is 6.55. The lowest BCUT2D eigenvalue weighted by atomic mass is 9.83. The zero-order valence-electron chi connectivity index (χ0n) is 28.6. The third kappa shape index (κ3) is 7.65. The van der Waals surface area contributed by atoms with Gasteiger partial charge in [0.05, 0.1) is 35.6 Å². The van der Waals surface area contributed by atoms with E-state index in [0.717, 1.165) is 36.2 Å². The summed E-state index contributed by atoms with van der Waals surface area (Å²) in [6.45, 7) is 2.17. The Kier molecular flexibility index (Phi) is 11.4. The summed E-state index contributed by atoms with van der Waals surface area (Å²) in [4.78, 5) is 20.1. The molecule has 2 heterocycles. The summed E-state index contributed by atoms with van der Waals surface area (Å²) >= 11 is 4.49. The smallest absolute Gasteiger partial charge is 0.363 e. The molecule has 1 aromatic heterocycles. The van der Waals surface area contributed by atoms with Gasteiger partial charge in [0.25, 0.3) is 0 Å². The molecule has 5 aromatic rings. The summed E-state index contributed by atoms with van der Waals surface area (Å²) in [6.07, 6.45) is 6.35. The molecular formula is C40H38I2N2O6. The predicted molar refractivity (Wildman–Crippen MR) is 214 cm³/mol. The maximum Gasteiger partial charge on any atom is 0.363 e. The third-order valence-corrected chi connectivity index (χ3v) is 10.5. The van der Waals surface area contributed by atoms with Crippen molar-refractivity contribution in [2.75, 3.05) is 28.4 Å². The molecule has 4 aromatic carbocycles. The second kappa shape index (κ2) is 15.9. The van der Waals surface area contributed by atoms with E-state index in [0.29, 0.717) is 23.3 Å². The molecule has 1 N–H and O–H groups in total. The Balaban J connectivity index is 0.000000174. The van der Waals surface area contributed by atoms with Crippen LogP contribution in [0.2, 0.25) is 0 Å². The zero-order valence-corrected chi connectivity index (χ0v) is 32.9. The van der Waals surface area contributed by atoms with Gasteiger partial charge >= 0.3 is 5.97 Å². The number of cyclic esters (lactones) is 1. The summed E-state index contributed by atoms with van der Waals surface area (Å²) in [5.74, 6) is 3.25. The van der Waals surface area contributed by atoms with E-state index in [1.54, 1.807) is 40.6 Å². The zero-order chi connectivity index (χ0) is 35.4. The van der Waals surface area contributed by atoms with Crippen molar-refractivity contribution in [1.29, 1.82) is 0 Å². The molecule has 1 aliphatic heterocycles. The van der Waals surface area contributed by atoms with Crippen LogP contribution in [0.15, 0.2) is 83.5 Å². The maximum atomic E-state index is 12.1. The van der Waals surface area contributed by atoms with Gasteiger partial charge in [0.2, 0.25) is 5.90 Å². The number of rotatable bonds is 8. The van der Waals surface area contributed by atoms with Crippen molar-refractivity contribution in [3.63, 3.8) is 0 Å². The van der Waals surface area contributed by atoms with Gasteiger partial charge in [-0.2, -0.15) is 0 Å². The Morgan fingerprint density at radius 1 is 0.880 bits per heavy atom. The number of halogens is 2. The number of hydrogen-bond acceptors (Lipinski definition) is 7. The molecule has 50 heavy (non-hydrogen) atoms. The van der Waals surface area contributed by atoms with E-state index in [4.69, 9.17) is 23.7 Å². The lowest BCUT2D eigenvalue weighted by Crippen LogP contribution is -2.12. The van der Waals surface area contributed by atoms with Gasteiger partial charge in [-0.05, 0) is 149 Å². The van der Waals surface area contributed by atoms with E-state index in [1.165, 1.54) is 52.5 Å². The molecule has 1 unspecified atom stereocenters. The van der Waals surface area contributed by atoms with E-state index in [2.05, 4.69) is 92.4 Å². The predicted octanol–water partition coefficient (Wildman–Crippen LogP) is 9.41. The van der Waals surface area contributed by atoms with Gasteiger partial charge in [-0.3, -0.25) is 0 Å². The first kappa shape index (κ1) is 35.8. The van der Waals surface area contributed by atoms with Crippen molar-refractivity contribution in [3.05, 3.63) is 119 Å². The van der Waals surface area contributed by atoms with Crippen molar-refractivity contribution >= 4 is 74.0 Å². The van der Waals surface area contributed by atoms with Crippen molar-refractivity contribution in [2.45, 2.75) is 38.5 Å². The lowest BCUT2D eigenvalue weighted by molar-refractivity contribution is -0.129. The van der Waals surface area contributed by atoms with Crippen LogP contribution in [0.5, 0.6) is 23.0 Å². The number of methoxy groups -OCH3 is 4. The number of aromatic amines is 1. The standard InChI is InChI=1S/C22H24INO2.C18H14INO4/c1-13-7-8-19-17(9-13)16-6-4-5-15(21(16)24-19)10-14-11-18(23)22(26-3)20(12-14)25-2;1-22-15-10-11(8-13(19)16(15)23-2)9-14-18(21)24-17(20-14)12-6-4-3-5-7-12/h7-9,11-12,15,24H,4-6,10H2,1-3H3;3-10H,1-2H3/b;14-9-. The minimum Gasteiger partial charge on any atom is -0.493 e. The number of carbonyl (C=O) groups excluding carboxylic acids is 1. The lowest BCUT2D eigenvalue weighted by Gasteiger charge is -2.23. The molecule has 1 atom stereocenters.